The Morgan fingerprint density at radius 2 is 1.88 bits per heavy atom. The van der Waals surface area contributed by atoms with Gasteiger partial charge in [0.05, 0.1) is 6.61 Å². The van der Waals surface area contributed by atoms with Gasteiger partial charge in [0.2, 0.25) is 0 Å². The molecule has 16 heavy (non-hydrogen) atoms. The quantitative estimate of drug-likeness (QED) is 0.773. The smallest absolute Gasteiger partial charge is 0.0587 e. The molecule has 0 fully saturated rings. The maximum absolute atomic E-state index is 5.87. The second-order valence-corrected chi connectivity index (χ2v) is 4.51. The summed E-state index contributed by atoms with van der Waals surface area (Å²) in [5.74, 6) is 0.467. The molecule has 1 rings (SSSR count). The van der Waals surface area contributed by atoms with E-state index in [1.807, 2.05) is 12.1 Å². The summed E-state index contributed by atoms with van der Waals surface area (Å²) in [6.45, 7) is 6.04. The van der Waals surface area contributed by atoms with Crippen molar-refractivity contribution >= 4 is 11.6 Å². The zero-order valence-corrected chi connectivity index (χ0v) is 10.9. The summed E-state index contributed by atoms with van der Waals surface area (Å²) in [6.07, 6.45) is 0. The van der Waals surface area contributed by atoms with Gasteiger partial charge in [0.1, 0.15) is 0 Å². The first-order chi connectivity index (χ1) is 7.65. The molecule has 0 amide bonds. The molecule has 0 spiro atoms. The first-order valence-electron chi connectivity index (χ1n) is 5.63. The van der Waals surface area contributed by atoms with Crippen molar-refractivity contribution in [2.24, 2.45) is 0 Å². The van der Waals surface area contributed by atoms with Gasteiger partial charge in [-0.15, -0.1) is 0 Å². The van der Waals surface area contributed by atoms with Crippen molar-refractivity contribution in [3.8, 4) is 0 Å². The molecule has 1 aromatic carbocycles. The number of ether oxygens (including phenoxy) is 1. The van der Waals surface area contributed by atoms with Gasteiger partial charge in [-0.05, 0) is 30.5 Å². The number of benzene rings is 1. The van der Waals surface area contributed by atoms with Gasteiger partial charge in [0.25, 0.3) is 0 Å². The van der Waals surface area contributed by atoms with Crippen LogP contribution in [0.25, 0.3) is 0 Å². The normalized spacial score (nSPS) is 14.8. The second kappa shape index (κ2) is 6.89. The van der Waals surface area contributed by atoms with Crippen molar-refractivity contribution in [2.45, 2.75) is 25.8 Å². The van der Waals surface area contributed by atoms with E-state index in [-0.39, 0.29) is 0 Å². The predicted octanol–water partition coefficient (Wildman–Crippen LogP) is 3.07. The first kappa shape index (κ1) is 13.5. The summed E-state index contributed by atoms with van der Waals surface area (Å²) in [7, 11) is 1.72. The maximum Gasteiger partial charge on any atom is 0.0587 e. The molecule has 0 saturated heterocycles. The lowest BCUT2D eigenvalue weighted by molar-refractivity contribution is 0.195. The van der Waals surface area contributed by atoms with E-state index in [2.05, 4.69) is 31.3 Å². The molecular weight excluding hydrogens is 222 g/mol. The number of nitrogens with one attached hydrogen (secondary N) is 1. The zero-order valence-electron chi connectivity index (χ0n) is 10.2. The van der Waals surface area contributed by atoms with Gasteiger partial charge in [0, 0.05) is 24.7 Å². The van der Waals surface area contributed by atoms with Crippen molar-refractivity contribution in [1.29, 1.82) is 0 Å². The van der Waals surface area contributed by atoms with Gasteiger partial charge in [-0.3, -0.25) is 0 Å². The highest BCUT2D eigenvalue weighted by Crippen LogP contribution is 2.20. The molecule has 0 radical (unpaired) electrons. The van der Waals surface area contributed by atoms with Crippen LogP contribution >= 0.6 is 11.6 Å². The summed E-state index contributed by atoms with van der Waals surface area (Å²) in [6, 6.07) is 8.48. The van der Waals surface area contributed by atoms with Crippen molar-refractivity contribution in [3.05, 3.63) is 34.9 Å². The number of methoxy groups -OCH3 is 1. The summed E-state index contributed by atoms with van der Waals surface area (Å²) in [5.41, 5.74) is 1.31. The first-order valence-corrected chi connectivity index (χ1v) is 6.00. The van der Waals surface area contributed by atoms with Crippen molar-refractivity contribution in [3.63, 3.8) is 0 Å². The molecule has 2 atom stereocenters. The van der Waals surface area contributed by atoms with Crippen LogP contribution in [-0.4, -0.2) is 26.3 Å². The summed E-state index contributed by atoms with van der Waals surface area (Å²) < 4.78 is 5.01. The molecule has 0 aliphatic carbocycles. The fourth-order valence-electron chi connectivity index (χ4n) is 1.62. The fraction of sp³-hybridized carbons (Fsp3) is 0.538. The highest BCUT2D eigenvalue weighted by molar-refractivity contribution is 6.30. The van der Waals surface area contributed by atoms with Crippen LogP contribution < -0.4 is 5.32 Å². The maximum atomic E-state index is 5.87. The molecule has 0 bridgehead atoms. The van der Waals surface area contributed by atoms with Crippen molar-refractivity contribution in [1.82, 2.24) is 5.32 Å². The molecular formula is C13H20ClNO. The molecule has 0 saturated carbocycles. The van der Waals surface area contributed by atoms with Crippen LogP contribution in [0.4, 0.5) is 0 Å². The van der Waals surface area contributed by atoms with Crippen LogP contribution in [0.5, 0.6) is 0 Å². The van der Waals surface area contributed by atoms with E-state index in [9.17, 15) is 0 Å². The average Bonchev–Trinajstić information content (AvgIpc) is 2.29. The van der Waals surface area contributed by atoms with Crippen LogP contribution in [0.3, 0.4) is 0 Å². The highest BCUT2D eigenvalue weighted by atomic mass is 35.5. The molecule has 90 valence electrons. The van der Waals surface area contributed by atoms with Crippen LogP contribution in [0, 0.1) is 0 Å². The third kappa shape index (κ3) is 4.12. The molecule has 2 unspecified atom stereocenters. The van der Waals surface area contributed by atoms with Gasteiger partial charge < -0.3 is 10.1 Å². The topological polar surface area (TPSA) is 21.3 Å². The Kier molecular flexibility index (Phi) is 5.81. The highest BCUT2D eigenvalue weighted by Gasteiger charge is 2.13. The zero-order chi connectivity index (χ0) is 12.0. The van der Waals surface area contributed by atoms with Gasteiger partial charge in [-0.2, -0.15) is 0 Å². The molecule has 1 aromatic rings. The Hall–Kier alpha value is -0.570. The molecule has 0 aliphatic rings. The third-order valence-electron chi connectivity index (χ3n) is 2.92. The van der Waals surface area contributed by atoms with E-state index in [0.717, 1.165) is 18.2 Å². The molecule has 2 nitrogen and oxygen atoms in total. The Morgan fingerprint density at radius 3 is 2.44 bits per heavy atom. The summed E-state index contributed by atoms with van der Waals surface area (Å²) in [5, 5.41) is 4.23. The lowest BCUT2D eigenvalue weighted by Crippen LogP contribution is -2.33. The second-order valence-electron chi connectivity index (χ2n) is 4.08. The van der Waals surface area contributed by atoms with Crippen LogP contribution in [0.2, 0.25) is 5.02 Å². The van der Waals surface area contributed by atoms with Gasteiger partial charge in [-0.1, -0.05) is 30.7 Å². The summed E-state index contributed by atoms with van der Waals surface area (Å²) in [4.78, 5) is 0. The Balaban J connectivity index is 2.49. The standard InChI is InChI=1S/C13H20ClNO/c1-10(11(2)15-8-9-16-3)12-4-6-13(14)7-5-12/h4-7,10-11,15H,8-9H2,1-3H3. The Labute approximate surface area is 103 Å². The van der Waals surface area contributed by atoms with Gasteiger partial charge in [-0.25, -0.2) is 0 Å². The van der Waals surface area contributed by atoms with E-state index in [0.29, 0.717) is 12.0 Å². The molecule has 1 N–H and O–H groups in total. The lowest BCUT2D eigenvalue weighted by Gasteiger charge is -2.21. The Morgan fingerprint density at radius 1 is 1.25 bits per heavy atom. The Bertz CT molecular complexity index is 299. The third-order valence-corrected chi connectivity index (χ3v) is 3.17. The monoisotopic (exact) mass is 241 g/mol. The van der Waals surface area contributed by atoms with Crippen molar-refractivity contribution < 1.29 is 4.74 Å². The van der Waals surface area contributed by atoms with Crippen LogP contribution in [0.15, 0.2) is 24.3 Å². The predicted molar refractivity (Wildman–Crippen MR) is 69.2 cm³/mol. The van der Waals surface area contributed by atoms with Gasteiger partial charge >= 0.3 is 0 Å². The number of hydrogen-bond acceptors (Lipinski definition) is 2. The van der Waals surface area contributed by atoms with E-state index in [1.165, 1.54) is 5.56 Å². The molecule has 0 heterocycles. The minimum Gasteiger partial charge on any atom is -0.383 e. The molecule has 3 heteroatoms. The minimum atomic E-state index is 0.427. The average molecular weight is 242 g/mol. The number of hydrogen-bond donors (Lipinski definition) is 1. The largest absolute Gasteiger partial charge is 0.383 e. The van der Waals surface area contributed by atoms with E-state index in [4.69, 9.17) is 16.3 Å². The van der Waals surface area contributed by atoms with E-state index >= 15 is 0 Å². The van der Waals surface area contributed by atoms with Crippen LogP contribution in [0.1, 0.15) is 25.3 Å². The molecule has 0 aromatic heterocycles. The fourth-order valence-corrected chi connectivity index (χ4v) is 1.75. The van der Waals surface area contributed by atoms with Gasteiger partial charge in [0.15, 0.2) is 0 Å². The molecule has 0 aliphatic heterocycles. The lowest BCUT2D eigenvalue weighted by atomic mass is 9.94. The summed E-state index contributed by atoms with van der Waals surface area (Å²) >= 11 is 5.87. The SMILES string of the molecule is COCCNC(C)C(C)c1ccc(Cl)cc1. The van der Waals surface area contributed by atoms with Crippen molar-refractivity contribution in [2.75, 3.05) is 20.3 Å². The van der Waals surface area contributed by atoms with E-state index in [1.54, 1.807) is 7.11 Å². The minimum absolute atomic E-state index is 0.427. The number of halogens is 1. The number of rotatable bonds is 6. The van der Waals surface area contributed by atoms with Crippen LogP contribution in [-0.2, 0) is 4.74 Å². The van der Waals surface area contributed by atoms with E-state index < -0.39 is 0 Å².